The lowest BCUT2D eigenvalue weighted by molar-refractivity contribution is -0.137. The summed E-state index contributed by atoms with van der Waals surface area (Å²) in [6, 6.07) is 4.75. The van der Waals surface area contributed by atoms with Gasteiger partial charge in [0.15, 0.2) is 0 Å². The fourth-order valence-electron chi connectivity index (χ4n) is 4.60. The molecule has 4 rings (SSSR count). The Morgan fingerprint density at radius 1 is 1.05 bits per heavy atom. The predicted octanol–water partition coefficient (Wildman–Crippen LogP) is 7.29. The molecule has 1 aliphatic carbocycles. The number of benzene rings is 2. The summed E-state index contributed by atoms with van der Waals surface area (Å²) in [5, 5.41) is -0.754. The maximum Gasteiger partial charge on any atom is 0.417 e. The monoisotopic (exact) mass is 546 g/mol. The van der Waals surface area contributed by atoms with Crippen molar-refractivity contribution in [1.29, 1.82) is 0 Å². The van der Waals surface area contributed by atoms with Crippen molar-refractivity contribution in [2.24, 2.45) is 5.41 Å². The van der Waals surface area contributed by atoms with Gasteiger partial charge in [-0.3, -0.25) is 0 Å². The first-order valence-electron chi connectivity index (χ1n) is 11.9. The Morgan fingerprint density at radius 2 is 1.70 bits per heavy atom. The van der Waals surface area contributed by atoms with Gasteiger partial charge < -0.3 is 4.57 Å². The van der Waals surface area contributed by atoms with Crippen molar-refractivity contribution in [2.75, 3.05) is 0 Å². The van der Waals surface area contributed by atoms with Crippen LogP contribution in [0.2, 0.25) is 0 Å². The van der Waals surface area contributed by atoms with Crippen LogP contribution in [0.3, 0.4) is 0 Å². The highest BCUT2D eigenvalue weighted by molar-refractivity contribution is 7.90. The Kier molecular flexibility index (Phi) is 7.17. The average Bonchev–Trinajstić information content (AvgIpc) is 3.04. The van der Waals surface area contributed by atoms with Crippen molar-refractivity contribution in [1.82, 2.24) is 9.29 Å². The number of rotatable bonds is 7. The molecule has 1 saturated carbocycles. The molecule has 3 aromatic rings. The summed E-state index contributed by atoms with van der Waals surface area (Å²) >= 11 is 0. The predicted molar refractivity (Wildman–Crippen MR) is 130 cm³/mol. The van der Waals surface area contributed by atoms with Crippen LogP contribution in [0.1, 0.15) is 57.2 Å². The van der Waals surface area contributed by atoms with Gasteiger partial charge in [-0.1, -0.05) is 45.4 Å². The molecule has 0 saturated heterocycles. The Morgan fingerprint density at radius 3 is 2.24 bits per heavy atom. The minimum atomic E-state index is -4.74. The lowest BCUT2D eigenvalue weighted by Gasteiger charge is -2.28. The Bertz CT molecular complexity index is 1400. The molecule has 0 aliphatic heterocycles. The zero-order valence-electron chi connectivity index (χ0n) is 20.5. The maximum atomic E-state index is 15.4. The summed E-state index contributed by atoms with van der Waals surface area (Å²) in [7, 11) is -4.05. The Labute approximate surface area is 211 Å². The Balaban J connectivity index is 1.92. The quantitative estimate of drug-likeness (QED) is 0.317. The molecular formula is C26H28F6N2O2S. The van der Waals surface area contributed by atoms with Gasteiger partial charge in [-0.2, -0.15) is 13.2 Å². The molecule has 37 heavy (non-hydrogen) atoms. The molecule has 0 amide bonds. The molecule has 11 heteroatoms. The summed E-state index contributed by atoms with van der Waals surface area (Å²) in [6.45, 7) is 5.91. The molecule has 0 unspecified atom stereocenters. The number of halogens is 6. The van der Waals surface area contributed by atoms with Gasteiger partial charge in [0.2, 0.25) is 10.0 Å². The van der Waals surface area contributed by atoms with Crippen LogP contribution in [0, 0.1) is 11.2 Å². The fraction of sp³-hybridized carbons (Fsp3) is 0.462. The highest BCUT2D eigenvalue weighted by atomic mass is 32.2. The summed E-state index contributed by atoms with van der Waals surface area (Å²) < 4.78 is 114. The van der Waals surface area contributed by atoms with Crippen molar-refractivity contribution >= 4 is 20.9 Å². The first-order chi connectivity index (χ1) is 17.1. The molecule has 0 radical (unpaired) electrons. The van der Waals surface area contributed by atoms with Crippen molar-refractivity contribution in [3.8, 4) is 11.1 Å². The summed E-state index contributed by atoms with van der Waals surface area (Å²) in [5.41, 5.74) is -2.02. The van der Waals surface area contributed by atoms with Gasteiger partial charge in [0.1, 0.15) is 11.9 Å². The number of aromatic nitrogens is 1. The van der Waals surface area contributed by atoms with E-state index in [4.69, 9.17) is 0 Å². The molecule has 0 bridgehead atoms. The van der Waals surface area contributed by atoms with Gasteiger partial charge in [0.25, 0.3) is 6.43 Å². The molecule has 2 aromatic carbocycles. The van der Waals surface area contributed by atoms with Crippen molar-refractivity contribution in [3.05, 3.63) is 59.5 Å². The lowest BCUT2D eigenvalue weighted by atomic mass is 9.95. The van der Waals surface area contributed by atoms with Gasteiger partial charge in [0.05, 0.1) is 10.8 Å². The summed E-state index contributed by atoms with van der Waals surface area (Å²) in [5.74, 6) is -1.03. The zero-order valence-corrected chi connectivity index (χ0v) is 21.4. The lowest BCUT2D eigenvalue weighted by Crippen LogP contribution is -2.42. The van der Waals surface area contributed by atoms with E-state index in [0.29, 0.717) is 19.3 Å². The largest absolute Gasteiger partial charge is 0.417 e. The molecule has 1 fully saturated rings. The summed E-state index contributed by atoms with van der Waals surface area (Å²) in [6.07, 6.45) is -5.12. The number of hydrogen-bond donors (Lipinski definition) is 1. The topological polar surface area (TPSA) is 51.1 Å². The molecule has 1 N–H and O–H groups in total. The smallest absolute Gasteiger partial charge is 0.347 e. The van der Waals surface area contributed by atoms with E-state index in [1.165, 1.54) is 24.4 Å². The molecular weight excluding hydrogens is 518 g/mol. The molecule has 4 nitrogen and oxygen atoms in total. The zero-order chi connectivity index (χ0) is 27.3. The van der Waals surface area contributed by atoms with E-state index >= 15 is 4.39 Å². The van der Waals surface area contributed by atoms with Crippen molar-refractivity contribution in [3.63, 3.8) is 0 Å². The summed E-state index contributed by atoms with van der Waals surface area (Å²) in [4.78, 5) is 0. The molecule has 202 valence electrons. The van der Waals surface area contributed by atoms with Gasteiger partial charge in [-0.25, -0.2) is 26.3 Å². The van der Waals surface area contributed by atoms with E-state index in [-0.39, 0.29) is 39.6 Å². The highest BCUT2D eigenvalue weighted by Crippen LogP contribution is 2.41. The van der Waals surface area contributed by atoms with Crippen LogP contribution < -0.4 is 4.72 Å². The van der Waals surface area contributed by atoms with E-state index in [0.717, 1.165) is 18.2 Å². The second-order valence-corrected chi connectivity index (χ2v) is 12.7. The minimum absolute atomic E-state index is 0.0107. The third-order valence-electron chi connectivity index (χ3n) is 6.54. The SMILES string of the molecule is CC(C)(C)Cn1cc([C@H](NS(=O)(=O)C2CCC2)C(F)F)c2cc(F)c(-c3ccccc3C(F)(F)F)cc21. The number of sulfonamides is 1. The van der Waals surface area contributed by atoms with Crippen LogP contribution in [0.25, 0.3) is 22.0 Å². The van der Waals surface area contributed by atoms with Crippen LogP contribution in [0.15, 0.2) is 42.6 Å². The van der Waals surface area contributed by atoms with Gasteiger partial charge in [-0.05, 0) is 42.0 Å². The average molecular weight is 547 g/mol. The van der Waals surface area contributed by atoms with Gasteiger partial charge in [0, 0.05) is 34.8 Å². The van der Waals surface area contributed by atoms with Crippen LogP contribution in [0.4, 0.5) is 26.3 Å². The van der Waals surface area contributed by atoms with Crippen LogP contribution >= 0.6 is 0 Å². The maximum absolute atomic E-state index is 15.4. The van der Waals surface area contributed by atoms with Crippen LogP contribution in [0.5, 0.6) is 0 Å². The second-order valence-electron chi connectivity index (χ2n) is 10.7. The molecule has 0 spiro atoms. The highest BCUT2D eigenvalue weighted by Gasteiger charge is 2.38. The third kappa shape index (κ3) is 5.67. The minimum Gasteiger partial charge on any atom is -0.347 e. The van der Waals surface area contributed by atoms with E-state index in [1.54, 1.807) is 4.57 Å². The third-order valence-corrected chi connectivity index (χ3v) is 8.47. The molecule has 1 aliphatic rings. The molecule has 1 aromatic heterocycles. The number of fused-ring (bicyclic) bond motifs is 1. The van der Waals surface area contributed by atoms with Gasteiger partial charge >= 0.3 is 6.18 Å². The first-order valence-corrected chi connectivity index (χ1v) is 13.4. The first kappa shape index (κ1) is 27.5. The van der Waals surface area contributed by atoms with E-state index in [2.05, 4.69) is 4.72 Å². The van der Waals surface area contributed by atoms with Crippen molar-refractivity contribution in [2.45, 2.75) is 70.5 Å². The number of nitrogens with zero attached hydrogens (tertiary/aromatic N) is 1. The molecule has 1 heterocycles. The molecule has 1 atom stereocenters. The number of nitrogens with one attached hydrogen (secondary N) is 1. The van der Waals surface area contributed by atoms with E-state index < -0.39 is 45.3 Å². The van der Waals surface area contributed by atoms with E-state index in [9.17, 15) is 30.4 Å². The Hall–Kier alpha value is -2.53. The van der Waals surface area contributed by atoms with Crippen LogP contribution in [-0.2, 0) is 22.7 Å². The standard InChI is InChI=1S/C26H28F6N2O2S/c1-25(2,3)14-34-13-19(23(24(28)29)33-37(35,36)15-7-6-8-15)18-11-21(27)17(12-22(18)34)16-9-4-5-10-20(16)26(30,31)32/h4-5,9-13,15,23-24,33H,6-8,14H2,1-3H3/t23-/m0/s1. The number of hydrogen-bond acceptors (Lipinski definition) is 2. The van der Waals surface area contributed by atoms with Crippen molar-refractivity contribution < 1.29 is 34.8 Å². The number of alkyl halides is 5. The fourth-order valence-corrected chi connectivity index (χ4v) is 6.33. The van der Waals surface area contributed by atoms with E-state index in [1.807, 2.05) is 20.8 Å². The van der Waals surface area contributed by atoms with Gasteiger partial charge in [-0.15, -0.1) is 0 Å². The second kappa shape index (κ2) is 9.65. The normalized spacial score (nSPS) is 16.4. The van der Waals surface area contributed by atoms with Crippen LogP contribution in [-0.4, -0.2) is 24.7 Å².